The average molecular weight is 260 g/mol. The number of hydrogen-bond donors (Lipinski definition) is 1. The van der Waals surface area contributed by atoms with Crippen molar-refractivity contribution >= 4 is 5.91 Å². The lowest BCUT2D eigenvalue weighted by atomic mass is 10.1. The summed E-state index contributed by atoms with van der Waals surface area (Å²) < 4.78 is 18.8. The molecule has 1 heterocycles. The summed E-state index contributed by atoms with van der Waals surface area (Å²) in [5.41, 5.74) is 0.853. The summed E-state index contributed by atoms with van der Waals surface area (Å²) in [4.78, 5) is 12.1. The molecule has 0 bridgehead atoms. The van der Waals surface area contributed by atoms with Crippen molar-refractivity contribution in [1.82, 2.24) is 10.5 Å². The minimum Gasteiger partial charge on any atom is -0.360 e. The summed E-state index contributed by atoms with van der Waals surface area (Å²) in [5.74, 6) is -0.271. The van der Waals surface area contributed by atoms with E-state index in [0.717, 1.165) is 12.8 Å². The summed E-state index contributed by atoms with van der Waals surface area (Å²) >= 11 is 0. The number of amides is 1. The van der Waals surface area contributed by atoms with E-state index in [1.54, 1.807) is 25.1 Å². The normalized spacial score (nSPS) is 14.4. The highest BCUT2D eigenvalue weighted by atomic mass is 19.1. The summed E-state index contributed by atoms with van der Waals surface area (Å²) in [6.45, 7) is 1.65. The molecule has 5 heteroatoms. The van der Waals surface area contributed by atoms with Gasteiger partial charge in [-0.05, 0) is 31.9 Å². The van der Waals surface area contributed by atoms with Gasteiger partial charge in [-0.1, -0.05) is 17.3 Å². The maximum absolute atomic E-state index is 13.8. The molecular formula is C14H13FN2O2. The van der Waals surface area contributed by atoms with Gasteiger partial charge in [-0.15, -0.1) is 0 Å². The molecule has 0 radical (unpaired) electrons. The van der Waals surface area contributed by atoms with Crippen LogP contribution in [0.2, 0.25) is 0 Å². The number of nitrogens with one attached hydrogen (secondary N) is 1. The first kappa shape index (κ1) is 11.9. The smallest absolute Gasteiger partial charge is 0.257 e. The highest BCUT2D eigenvalue weighted by Crippen LogP contribution is 2.28. The van der Waals surface area contributed by atoms with Gasteiger partial charge in [-0.3, -0.25) is 4.79 Å². The Morgan fingerprint density at radius 2 is 2.16 bits per heavy atom. The second kappa shape index (κ2) is 4.50. The van der Waals surface area contributed by atoms with Gasteiger partial charge in [-0.25, -0.2) is 4.39 Å². The van der Waals surface area contributed by atoms with Gasteiger partial charge >= 0.3 is 0 Å². The van der Waals surface area contributed by atoms with E-state index in [-0.39, 0.29) is 23.2 Å². The van der Waals surface area contributed by atoms with Crippen LogP contribution in [0.3, 0.4) is 0 Å². The van der Waals surface area contributed by atoms with E-state index in [1.165, 1.54) is 6.07 Å². The van der Waals surface area contributed by atoms with E-state index in [1.807, 2.05) is 0 Å². The van der Waals surface area contributed by atoms with Crippen molar-refractivity contribution in [3.05, 3.63) is 41.4 Å². The van der Waals surface area contributed by atoms with Gasteiger partial charge in [0, 0.05) is 11.6 Å². The average Bonchev–Trinajstić information content (AvgIpc) is 3.11. The lowest BCUT2D eigenvalue weighted by molar-refractivity contribution is 0.0950. The van der Waals surface area contributed by atoms with Gasteiger partial charge in [0.25, 0.3) is 5.91 Å². The number of aromatic nitrogens is 1. The van der Waals surface area contributed by atoms with Crippen LogP contribution in [0.25, 0.3) is 11.3 Å². The predicted octanol–water partition coefficient (Wildman–Crippen LogP) is 2.68. The molecule has 1 aromatic carbocycles. The Morgan fingerprint density at radius 3 is 2.84 bits per heavy atom. The van der Waals surface area contributed by atoms with Crippen LogP contribution in [0.4, 0.5) is 4.39 Å². The molecule has 98 valence electrons. The number of halogens is 1. The van der Waals surface area contributed by atoms with Crippen molar-refractivity contribution in [3.63, 3.8) is 0 Å². The molecule has 0 aliphatic heterocycles. The molecule has 1 aromatic heterocycles. The Kier molecular flexibility index (Phi) is 2.81. The van der Waals surface area contributed by atoms with E-state index < -0.39 is 5.82 Å². The second-order valence-corrected chi connectivity index (χ2v) is 4.69. The van der Waals surface area contributed by atoms with Crippen molar-refractivity contribution in [3.8, 4) is 11.3 Å². The van der Waals surface area contributed by atoms with E-state index in [2.05, 4.69) is 10.5 Å². The van der Waals surface area contributed by atoms with Crippen LogP contribution in [0.1, 0.15) is 29.0 Å². The van der Waals surface area contributed by atoms with E-state index >= 15 is 0 Å². The Hall–Kier alpha value is -2.17. The largest absolute Gasteiger partial charge is 0.360 e. The van der Waals surface area contributed by atoms with Crippen molar-refractivity contribution in [2.45, 2.75) is 25.8 Å². The van der Waals surface area contributed by atoms with Crippen molar-refractivity contribution in [2.24, 2.45) is 0 Å². The predicted molar refractivity (Wildman–Crippen MR) is 67.1 cm³/mol. The van der Waals surface area contributed by atoms with Crippen LogP contribution in [-0.2, 0) is 0 Å². The van der Waals surface area contributed by atoms with Crippen molar-refractivity contribution in [2.75, 3.05) is 0 Å². The zero-order valence-corrected chi connectivity index (χ0v) is 10.4. The van der Waals surface area contributed by atoms with Crippen LogP contribution in [-0.4, -0.2) is 17.1 Å². The topological polar surface area (TPSA) is 55.1 Å². The Bertz CT molecular complexity index is 632. The van der Waals surface area contributed by atoms with Gasteiger partial charge in [-0.2, -0.15) is 0 Å². The monoisotopic (exact) mass is 260 g/mol. The van der Waals surface area contributed by atoms with Gasteiger partial charge in [0.05, 0.1) is 0 Å². The molecule has 0 spiro atoms. The van der Waals surface area contributed by atoms with Crippen molar-refractivity contribution in [1.29, 1.82) is 0 Å². The summed E-state index contributed by atoms with van der Waals surface area (Å²) in [6.07, 6.45) is 1.98. The fourth-order valence-corrected chi connectivity index (χ4v) is 1.96. The number of carbonyl (C=O) groups is 1. The summed E-state index contributed by atoms with van der Waals surface area (Å²) in [7, 11) is 0. The SMILES string of the molecule is Cc1onc(-c2ccccc2F)c1C(=O)NC1CC1. The number of rotatable bonds is 3. The third kappa shape index (κ3) is 2.23. The molecule has 0 unspecified atom stereocenters. The minimum absolute atomic E-state index is 0.232. The molecule has 1 fully saturated rings. The number of benzene rings is 1. The summed E-state index contributed by atoms with van der Waals surface area (Å²) in [6, 6.07) is 6.44. The Labute approximate surface area is 109 Å². The van der Waals surface area contributed by atoms with Gasteiger partial charge < -0.3 is 9.84 Å². The van der Waals surface area contributed by atoms with Gasteiger partial charge in [0.2, 0.25) is 0 Å². The molecule has 1 N–H and O–H groups in total. The molecule has 4 nitrogen and oxygen atoms in total. The van der Waals surface area contributed by atoms with Crippen LogP contribution in [0, 0.1) is 12.7 Å². The van der Waals surface area contributed by atoms with Crippen LogP contribution in [0.5, 0.6) is 0 Å². The Morgan fingerprint density at radius 1 is 1.42 bits per heavy atom. The summed E-state index contributed by atoms with van der Waals surface area (Å²) in [5, 5.41) is 6.69. The molecule has 19 heavy (non-hydrogen) atoms. The maximum Gasteiger partial charge on any atom is 0.257 e. The van der Waals surface area contributed by atoms with Crippen molar-refractivity contribution < 1.29 is 13.7 Å². The molecule has 1 aliphatic rings. The highest BCUT2D eigenvalue weighted by Gasteiger charge is 2.28. The third-order valence-electron chi connectivity index (χ3n) is 3.13. The zero-order chi connectivity index (χ0) is 13.4. The molecule has 1 saturated carbocycles. The number of nitrogens with zero attached hydrogens (tertiary/aromatic N) is 1. The fourth-order valence-electron chi connectivity index (χ4n) is 1.96. The molecular weight excluding hydrogens is 247 g/mol. The van der Waals surface area contributed by atoms with E-state index in [9.17, 15) is 9.18 Å². The molecule has 1 aliphatic carbocycles. The van der Waals surface area contributed by atoms with Gasteiger partial charge in [0.1, 0.15) is 22.8 Å². The van der Waals surface area contributed by atoms with Crippen LogP contribution in [0.15, 0.2) is 28.8 Å². The first-order valence-electron chi connectivity index (χ1n) is 6.19. The highest BCUT2D eigenvalue weighted by molar-refractivity contribution is 6.01. The lowest BCUT2D eigenvalue weighted by Crippen LogP contribution is -2.26. The maximum atomic E-state index is 13.8. The lowest BCUT2D eigenvalue weighted by Gasteiger charge is -2.04. The Balaban J connectivity index is 2.02. The second-order valence-electron chi connectivity index (χ2n) is 4.69. The van der Waals surface area contributed by atoms with E-state index in [0.29, 0.717) is 11.3 Å². The standard InChI is InChI=1S/C14H13FN2O2/c1-8-12(14(18)16-9-6-7-9)13(17-19-8)10-4-2-3-5-11(10)15/h2-5,9H,6-7H2,1H3,(H,16,18). The molecule has 0 saturated heterocycles. The fraction of sp³-hybridized carbons (Fsp3) is 0.286. The third-order valence-corrected chi connectivity index (χ3v) is 3.13. The number of carbonyl (C=O) groups excluding carboxylic acids is 1. The molecule has 3 rings (SSSR count). The minimum atomic E-state index is -0.420. The first-order chi connectivity index (χ1) is 9.16. The first-order valence-corrected chi connectivity index (χ1v) is 6.19. The zero-order valence-electron chi connectivity index (χ0n) is 10.4. The van der Waals surface area contributed by atoms with Crippen LogP contribution >= 0.6 is 0 Å². The quantitative estimate of drug-likeness (QED) is 0.923. The van der Waals surface area contributed by atoms with Crippen LogP contribution < -0.4 is 5.32 Å². The molecule has 0 atom stereocenters. The number of hydrogen-bond acceptors (Lipinski definition) is 3. The van der Waals surface area contributed by atoms with Gasteiger partial charge in [0.15, 0.2) is 0 Å². The van der Waals surface area contributed by atoms with E-state index in [4.69, 9.17) is 4.52 Å². The molecule has 2 aromatic rings. The number of aryl methyl sites for hydroxylation is 1. The molecule has 1 amide bonds.